The van der Waals surface area contributed by atoms with Gasteiger partial charge in [-0.1, -0.05) is 19.1 Å². The van der Waals surface area contributed by atoms with Crippen LogP contribution in [0.25, 0.3) is 0 Å². The van der Waals surface area contributed by atoms with Crippen molar-refractivity contribution in [3.8, 4) is 0 Å². The Kier molecular flexibility index (Phi) is 11.6. The number of aryl methyl sites for hydroxylation is 1. The summed E-state index contributed by atoms with van der Waals surface area (Å²) in [6.07, 6.45) is 6.09. The Labute approximate surface area is 207 Å². The van der Waals surface area contributed by atoms with E-state index in [4.69, 9.17) is 4.99 Å². The van der Waals surface area contributed by atoms with Gasteiger partial charge in [-0.25, -0.2) is 9.98 Å². The summed E-state index contributed by atoms with van der Waals surface area (Å²) in [5.74, 6) is 1.32. The molecule has 0 saturated carbocycles. The maximum absolute atomic E-state index is 9.31. The molecule has 1 aromatic heterocycles. The number of nitrogens with zero attached hydrogens (tertiary/aromatic N) is 3. The van der Waals surface area contributed by atoms with E-state index in [1.165, 1.54) is 21.1 Å². The lowest BCUT2D eigenvalue weighted by atomic mass is 9.97. The summed E-state index contributed by atoms with van der Waals surface area (Å²) in [6.45, 7) is 8.93. The van der Waals surface area contributed by atoms with Gasteiger partial charge >= 0.3 is 0 Å². The number of piperidine rings is 1. The van der Waals surface area contributed by atoms with Crippen LogP contribution in [-0.4, -0.2) is 48.8 Å². The van der Waals surface area contributed by atoms with Crippen LogP contribution in [0.3, 0.4) is 0 Å². The number of aliphatic imine (C=N–C) groups is 1. The monoisotopic (exact) mass is 557 g/mol. The van der Waals surface area contributed by atoms with Crippen LogP contribution in [0.1, 0.15) is 42.1 Å². The van der Waals surface area contributed by atoms with Crippen molar-refractivity contribution < 1.29 is 5.11 Å². The maximum atomic E-state index is 9.31. The first-order valence-corrected chi connectivity index (χ1v) is 11.9. The smallest absolute Gasteiger partial charge is 0.191 e. The van der Waals surface area contributed by atoms with Gasteiger partial charge in [-0.05, 0) is 49.8 Å². The zero-order valence-electron chi connectivity index (χ0n) is 18.6. The molecule has 2 aromatic rings. The molecular formula is C23H36IN5OS. The fourth-order valence-corrected chi connectivity index (χ4v) is 4.47. The van der Waals surface area contributed by atoms with Crippen LogP contribution in [0.15, 0.2) is 35.5 Å². The second-order valence-corrected chi connectivity index (χ2v) is 8.93. The number of anilines is 1. The highest BCUT2D eigenvalue weighted by molar-refractivity contribution is 14.0. The quantitative estimate of drug-likeness (QED) is 0.249. The first-order valence-electron chi connectivity index (χ1n) is 11.1. The number of aromatic nitrogens is 1. The lowest BCUT2D eigenvalue weighted by molar-refractivity contribution is 0.203. The SMILES string of the molecule is CCNC(=NCc1ccc(N2CCC(CO)CC2)cc1)NCCc1ncc(CC)s1.I. The average molecular weight is 558 g/mol. The van der Waals surface area contributed by atoms with Crippen molar-refractivity contribution in [2.24, 2.45) is 10.9 Å². The number of guanidine groups is 1. The third-order valence-corrected chi connectivity index (χ3v) is 6.72. The van der Waals surface area contributed by atoms with E-state index in [0.717, 1.165) is 57.8 Å². The topological polar surface area (TPSA) is 72.8 Å². The number of nitrogens with one attached hydrogen (secondary N) is 2. The molecule has 0 radical (unpaired) electrons. The van der Waals surface area contributed by atoms with Crippen molar-refractivity contribution >= 4 is 47.0 Å². The molecule has 1 aliphatic rings. The van der Waals surface area contributed by atoms with E-state index in [1.807, 2.05) is 6.20 Å². The van der Waals surface area contributed by atoms with E-state index in [1.54, 1.807) is 11.3 Å². The first kappa shape index (κ1) is 25.9. The molecule has 1 saturated heterocycles. The zero-order chi connectivity index (χ0) is 21.2. The highest BCUT2D eigenvalue weighted by Crippen LogP contribution is 2.23. The summed E-state index contributed by atoms with van der Waals surface area (Å²) in [5.41, 5.74) is 2.47. The molecule has 172 valence electrons. The minimum absolute atomic E-state index is 0. The van der Waals surface area contributed by atoms with Gasteiger partial charge in [-0.15, -0.1) is 35.3 Å². The molecule has 6 nitrogen and oxygen atoms in total. The maximum Gasteiger partial charge on any atom is 0.191 e. The Morgan fingerprint density at radius 3 is 2.55 bits per heavy atom. The molecule has 3 rings (SSSR count). The van der Waals surface area contributed by atoms with E-state index in [-0.39, 0.29) is 24.0 Å². The fourth-order valence-electron chi connectivity index (χ4n) is 3.61. The Hall–Kier alpha value is -1.39. The minimum atomic E-state index is 0. The second kappa shape index (κ2) is 13.9. The summed E-state index contributed by atoms with van der Waals surface area (Å²) >= 11 is 1.79. The molecule has 8 heteroatoms. The van der Waals surface area contributed by atoms with Gasteiger partial charge in [0.25, 0.3) is 0 Å². The van der Waals surface area contributed by atoms with Crippen LogP contribution < -0.4 is 15.5 Å². The molecule has 0 aliphatic carbocycles. The number of aliphatic hydroxyl groups excluding tert-OH is 1. The number of thiazole rings is 1. The van der Waals surface area contributed by atoms with Gasteiger partial charge < -0.3 is 20.6 Å². The van der Waals surface area contributed by atoms with Gasteiger partial charge in [0, 0.05) is 56.0 Å². The van der Waals surface area contributed by atoms with E-state index in [0.29, 0.717) is 19.1 Å². The van der Waals surface area contributed by atoms with Crippen LogP contribution in [0.4, 0.5) is 5.69 Å². The number of aliphatic hydroxyl groups is 1. The Balaban J connectivity index is 0.00000341. The number of benzene rings is 1. The first-order chi connectivity index (χ1) is 14.7. The van der Waals surface area contributed by atoms with E-state index in [2.05, 4.69) is 58.6 Å². The van der Waals surface area contributed by atoms with Gasteiger partial charge in [0.1, 0.15) is 0 Å². The average Bonchev–Trinajstić information content (AvgIpc) is 3.26. The fraction of sp³-hybridized carbons (Fsp3) is 0.565. The molecule has 3 N–H and O–H groups in total. The van der Waals surface area contributed by atoms with E-state index in [9.17, 15) is 5.11 Å². The second-order valence-electron chi connectivity index (χ2n) is 7.73. The molecule has 2 heterocycles. The molecule has 0 bridgehead atoms. The lowest BCUT2D eigenvalue weighted by Gasteiger charge is -2.32. The van der Waals surface area contributed by atoms with Crippen molar-refractivity contribution in [2.45, 2.75) is 46.1 Å². The molecule has 1 aliphatic heterocycles. The highest BCUT2D eigenvalue weighted by atomic mass is 127. The number of hydrogen-bond donors (Lipinski definition) is 3. The summed E-state index contributed by atoms with van der Waals surface area (Å²) in [6, 6.07) is 8.72. The van der Waals surface area contributed by atoms with Gasteiger partial charge in [0.2, 0.25) is 0 Å². The Bertz CT molecular complexity index is 788. The molecule has 1 aromatic carbocycles. The van der Waals surface area contributed by atoms with Crippen molar-refractivity contribution in [2.75, 3.05) is 37.7 Å². The molecule has 31 heavy (non-hydrogen) atoms. The van der Waals surface area contributed by atoms with Crippen LogP contribution in [0, 0.1) is 5.92 Å². The van der Waals surface area contributed by atoms with Crippen LogP contribution >= 0.6 is 35.3 Å². The highest BCUT2D eigenvalue weighted by Gasteiger charge is 2.18. The van der Waals surface area contributed by atoms with Gasteiger partial charge in [-0.2, -0.15) is 0 Å². The van der Waals surface area contributed by atoms with Crippen molar-refractivity contribution in [3.05, 3.63) is 45.9 Å². The standard InChI is InChI=1S/C23H35N5OS.HI/c1-3-21-16-26-22(30-21)9-12-25-23(24-4-2)27-15-18-5-7-20(8-6-18)28-13-10-19(17-29)11-14-28;/h5-8,16,19,29H,3-4,9-15,17H2,1-2H3,(H2,24,25,27);1H. The Morgan fingerprint density at radius 1 is 1.19 bits per heavy atom. The third-order valence-electron chi connectivity index (χ3n) is 5.52. The number of halogens is 1. The molecule has 0 unspecified atom stereocenters. The van der Waals surface area contributed by atoms with Crippen LogP contribution in [-0.2, 0) is 19.4 Å². The van der Waals surface area contributed by atoms with Crippen LogP contribution in [0.2, 0.25) is 0 Å². The van der Waals surface area contributed by atoms with Gasteiger partial charge in [-0.3, -0.25) is 0 Å². The summed E-state index contributed by atoms with van der Waals surface area (Å²) < 4.78 is 0. The van der Waals surface area contributed by atoms with Gasteiger partial charge in [0.05, 0.1) is 11.6 Å². The summed E-state index contributed by atoms with van der Waals surface area (Å²) in [5, 5.41) is 17.2. The molecule has 1 fully saturated rings. The molecule has 0 spiro atoms. The third kappa shape index (κ3) is 8.23. The van der Waals surface area contributed by atoms with E-state index >= 15 is 0 Å². The van der Waals surface area contributed by atoms with Crippen molar-refractivity contribution in [3.63, 3.8) is 0 Å². The predicted molar refractivity (Wildman–Crippen MR) is 142 cm³/mol. The molecule has 0 amide bonds. The molecule has 0 atom stereocenters. The van der Waals surface area contributed by atoms with E-state index < -0.39 is 0 Å². The summed E-state index contributed by atoms with van der Waals surface area (Å²) in [4.78, 5) is 13.0. The minimum Gasteiger partial charge on any atom is -0.396 e. The number of hydrogen-bond acceptors (Lipinski definition) is 5. The van der Waals surface area contributed by atoms with Crippen LogP contribution in [0.5, 0.6) is 0 Å². The zero-order valence-corrected chi connectivity index (χ0v) is 21.8. The normalized spacial score (nSPS) is 14.9. The number of rotatable bonds is 9. The predicted octanol–water partition coefficient (Wildman–Crippen LogP) is 3.83. The lowest BCUT2D eigenvalue weighted by Crippen LogP contribution is -2.38. The van der Waals surface area contributed by atoms with Gasteiger partial charge in [0.15, 0.2) is 5.96 Å². The van der Waals surface area contributed by atoms with Crippen molar-refractivity contribution in [1.82, 2.24) is 15.6 Å². The Morgan fingerprint density at radius 2 is 1.94 bits per heavy atom. The van der Waals surface area contributed by atoms with Crippen molar-refractivity contribution in [1.29, 1.82) is 0 Å². The molecular weight excluding hydrogens is 521 g/mol. The largest absolute Gasteiger partial charge is 0.396 e. The summed E-state index contributed by atoms with van der Waals surface area (Å²) in [7, 11) is 0.